The average Bonchev–Trinajstić information content (AvgIpc) is 2.37. The molecule has 1 aromatic carbocycles. The van der Waals surface area contributed by atoms with Gasteiger partial charge in [-0.15, -0.1) is 0 Å². The van der Waals surface area contributed by atoms with Gasteiger partial charge in [-0.2, -0.15) is 0 Å². The van der Waals surface area contributed by atoms with Crippen molar-refractivity contribution in [1.82, 2.24) is 10.6 Å². The third kappa shape index (κ3) is 7.47. The van der Waals surface area contributed by atoms with E-state index < -0.39 is 24.0 Å². The van der Waals surface area contributed by atoms with Crippen LogP contribution in [0, 0.1) is 0 Å². The second-order valence-corrected chi connectivity index (χ2v) is 6.83. The molecule has 0 saturated heterocycles. The van der Waals surface area contributed by atoms with E-state index >= 15 is 0 Å². The molecule has 1 rings (SSSR count). The second kappa shape index (κ2) is 8.19. The highest BCUT2D eigenvalue weighted by molar-refractivity contribution is 9.10. The smallest absolute Gasteiger partial charge is 0.409 e. The van der Waals surface area contributed by atoms with Crippen LogP contribution in [0.1, 0.15) is 33.3 Å². The minimum atomic E-state index is -0.776. The number of benzene rings is 1. The van der Waals surface area contributed by atoms with Gasteiger partial charge >= 0.3 is 6.09 Å². The maximum atomic E-state index is 11.7. The molecular weight excluding hydrogens is 348 g/mol. The van der Waals surface area contributed by atoms with Gasteiger partial charge in [0.2, 0.25) is 0 Å². The summed E-state index contributed by atoms with van der Waals surface area (Å²) in [6.07, 6.45) is 1.53. The monoisotopic (exact) mass is 370 g/mol. The molecule has 2 atom stereocenters. The number of hydrogen-bond acceptors (Lipinski definition) is 4. The first-order chi connectivity index (χ1) is 10.2. The molecule has 0 fully saturated rings. The summed E-state index contributed by atoms with van der Waals surface area (Å²) in [4.78, 5) is 11.7. The molecule has 5 nitrogen and oxygen atoms in total. The molecule has 0 bridgehead atoms. The number of carbonyl (C=O) groups excluding carboxylic acids is 1. The fourth-order valence-corrected chi connectivity index (χ4v) is 1.82. The van der Waals surface area contributed by atoms with Gasteiger partial charge in [0.05, 0.1) is 6.10 Å². The molecule has 3 N–H and O–H groups in total. The minimum absolute atomic E-state index is 0.581. The van der Waals surface area contributed by atoms with Gasteiger partial charge < -0.3 is 15.2 Å². The molecule has 0 aliphatic carbocycles. The highest BCUT2D eigenvalue weighted by atomic mass is 79.9. The van der Waals surface area contributed by atoms with Crippen LogP contribution in [0.3, 0.4) is 0 Å². The Kier molecular flexibility index (Phi) is 6.90. The summed E-state index contributed by atoms with van der Waals surface area (Å²) in [6, 6.07) is 7.76. The first-order valence-corrected chi connectivity index (χ1v) is 7.82. The molecule has 1 unspecified atom stereocenters. The predicted molar refractivity (Wildman–Crippen MR) is 91.2 cm³/mol. The summed E-state index contributed by atoms with van der Waals surface area (Å²) in [5.74, 6) is 0. The summed E-state index contributed by atoms with van der Waals surface area (Å²) in [5.41, 5.74) is 0.415. The SMILES string of the molecule is CC(O)[C@H](N/C=C/c1ccc(Br)cc1)NC(=O)OC(C)(C)C. The number of aliphatic hydroxyl groups is 1. The molecule has 1 amide bonds. The Morgan fingerprint density at radius 3 is 2.41 bits per heavy atom. The Hall–Kier alpha value is -1.53. The van der Waals surface area contributed by atoms with E-state index in [1.807, 2.05) is 30.3 Å². The molecule has 0 aromatic heterocycles. The van der Waals surface area contributed by atoms with Crippen molar-refractivity contribution in [3.8, 4) is 0 Å². The minimum Gasteiger partial charge on any atom is -0.444 e. The summed E-state index contributed by atoms with van der Waals surface area (Å²) >= 11 is 3.37. The first kappa shape index (κ1) is 18.5. The third-order valence-corrected chi connectivity index (χ3v) is 3.10. The Morgan fingerprint density at radius 2 is 1.91 bits per heavy atom. The number of aliphatic hydroxyl groups excluding tert-OH is 1. The number of amides is 1. The van der Waals surface area contributed by atoms with Gasteiger partial charge in [-0.1, -0.05) is 28.1 Å². The van der Waals surface area contributed by atoms with Crippen LogP contribution in [0.15, 0.2) is 34.9 Å². The normalized spacial score (nSPS) is 14.5. The van der Waals surface area contributed by atoms with E-state index in [2.05, 4.69) is 26.6 Å². The van der Waals surface area contributed by atoms with E-state index in [4.69, 9.17) is 4.74 Å². The van der Waals surface area contributed by atoms with Crippen molar-refractivity contribution in [3.05, 3.63) is 40.5 Å². The number of carbonyl (C=O) groups is 1. The second-order valence-electron chi connectivity index (χ2n) is 5.92. The average molecular weight is 371 g/mol. The van der Waals surface area contributed by atoms with Crippen molar-refractivity contribution in [2.45, 2.75) is 45.6 Å². The predicted octanol–water partition coefficient (Wildman–Crippen LogP) is 3.24. The molecule has 0 aliphatic heterocycles. The molecule has 0 heterocycles. The van der Waals surface area contributed by atoms with Gasteiger partial charge in [0.1, 0.15) is 11.8 Å². The Morgan fingerprint density at radius 1 is 1.32 bits per heavy atom. The molecular formula is C16H23BrN2O3. The van der Waals surface area contributed by atoms with Crippen LogP contribution in [0.4, 0.5) is 4.79 Å². The zero-order valence-corrected chi connectivity index (χ0v) is 14.8. The van der Waals surface area contributed by atoms with Crippen molar-refractivity contribution in [2.75, 3.05) is 0 Å². The fourth-order valence-electron chi connectivity index (χ4n) is 1.56. The quantitative estimate of drug-likeness (QED) is 0.695. The van der Waals surface area contributed by atoms with Crippen molar-refractivity contribution in [2.24, 2.45) is 0 Å². The van der Waals surface area contributed by atoms with Crippen molar-refractivity contribution >= 4 is 28.1 Å². The summed E-state index contributed by atoms with van der Waals surface area (Å²) in [7, 11) is 0. The first-order valence-electron chi connectivity index (χ1n) is 7.03. The van der Waals surface area contributed by atoms with E-state index in [0.717, 1.165) is 10.0 Å². The van der Waals surface area contributed by atoms with E-state index in [0.29, 0.717) is 0 Å². The maximum Gasteiger partial charge on any atom is 0.409 e. The van der Waals surface area contributed by atoms with E-state index in [9.17, 15) is 9.90 Å². The molecule has 1 aromatic rings. The van der Waals surface area contributed by atoms with Crippen LogP contribution < -0.4 is 10.6 Å². The third-order valence-electron chi connectivity index (χ3n) is 2.58. The van der Waals surface area contributed by atoms with E-state index in [1.165, 1.54) is 0 Å². The lowest BCUT2D eigenvalue weighted by Crippen LogP contribution is -2.51. The van der Waals surface area contributed by atoms with Gasteiger partial charge in [0.25, 0.3) is 0 Å². The summed E-state index contributed by atoms with van der Waals surface area (Å²) < 4.78 is 6.17. The van der Waals surface area contributed by atoms with Gasteiger partial charge in [-0.05, 0) is 57.7 Å². The molecule has 122 valence electrons. The molecule has 0 saturated carbocycles. The number of hydrogen-bond donors (Lipinski definition) is 3. The molecule has 0 aliphatic rings. The fraction of sp³-hybridized carbons (Fsp3) is 0.438. The van der Waals surface area contributed by atoms with Gasteiger partial charge in [0.15, 0.2) is 0 Å². The maximum absolute atomic E-state index is 11.7. The summed E-state index contributed by atoms with van der Waals surface area (Å²) in [5, 5.41) is 15.3. The van der Waals surface area contributed by atoms with Crippen LogP contribution in [0.2, 0.25) is 0 Å². The Balaban J connectivity index is 2.57. The highest BCUT2D eigenvalue weighted by Crippen LogP contribution is 2.11. The molecule has 0 spiro atoms. The zero-order chi connectivity index (χ0) is 16.8. The number of alkyl carbamates (subject to hydrolysis) is 1. The van der Waals surface area contributed by atoms with E-state index in [-0.39, 0.29) is 0 Å². The lowest BCUT2D eigenvalue weighted by atomic mass is 10.2. The molecule has 0 radical (unpaired) electrons. The van der Waals surface area contributed by atoms with Crippen molar-refractivity contribution in [1.29, 1.82) is 0 Å². The topological polar surface area (TPSA) is 70.6 Å². The lowest BCUT2D eigenvalue weighted by Gasteiger charge is -2.25. The number of halogens is 1. The summed E-state index contributed by atoms with van der Waals surface area (Å²) in [6.45, 7) is 6.93. The van der Waals surface area contributed by atoms with Crippen LogP contribution >= 0.6 is 15.9 Å². The molecule has 6 heteroatoms. The van der Waals surface area contributed by atoms with Gasteiger partial charge in [-0.3, -0.25) is 5.32 Å². The standard InChI is InChI=1S/C16H23BrN2O3/c1-11(20)14(19-15(21)22-16(2,3)4)18-10-9-12-5-7-13(17)8-6-12/h5-11,14,18,20H,1-4H3,(H,19,21)/b10-9+/t11?,14-/m1/s1. The zero-order valence-electron chi connectivity index (χ0n) is 13.3. The Bertz CT molecular complexity index is 507. The van der Waals surface area contributed by atoms with Crippen molar-refractivity contribution < 1.29 is 14.6 Å². The molecule has 22 heavy (non-hydrogen) atoms. The van der Waals surface area contributed by atoms with Crippen LogP contribution in [0.25, 0.3) is 6.08 Å². The van der Waals surface area contributed by atoms with Crippen LogP contribution in [0.5, 0.6) is 0 Å². The van der Waals surface area contributed by atoms with Crippen LogP contribution in [-0.2, 0) is 4.74 Å². The van der Waals surface area contributed by atoms with Crippen LogP contribution in [-0.4, -0.2) is 29.1 Å². The van der Waals surface area contributed by atoms with Crippen molar-refractivity contribution in [3.63, 3.8) is 0 Å². The Labute approximate surface area is 139 Å². The highest BCUT2D eigenvalue weighted by Gasteiger charge is 2.21. The lowest BCUT2D eigenvalue weighted by molar-refractivity contribution is 0.0422. The number of ether oxygens (including phenoxy) is 1. The number of rotatable bonds is 5. The van der Waals surface area contributed by atoms with Gasteiger partial charge in [0, 0.05) is 4.47 Å². The number of nitrogens with one attached hydrogen (secondary N) is 2. The van der Waals surface area contributed by atoms with E-state index in [1.54, 1.807) is 33.9 Å². The van der Waals surface area contributed by atoms with Gasteiger partial charge in [-0.25, -0.2) is 4.79 Å². The largest absolute Gasteiger partial charge is 0.444 e.